The highest BCUT2D eigenvalue weighted by atomic mass is 16.6. The number of carbonyl (C=O) groups excluding carboxylic acids is 1. The molecule has 0 unspecified atom stereocenters. The highest BCUT2D eigenvalue weighted by Crippen LogP contribution is 2.20. The summed E-state index contributed by atoms with van der Waals surface area (Å²) in [5.41, 5.74) is 1.61. The number of hydrogen-bond donors (Lipinski definition) is 1. The molecule has 3 aromatic rings. The minimum absolute atomic E-state index is 0.117. The molecule has 0 fully saturated rings. The largest absolute Gasteiger partial charge is 0.305 e. The van der Waals surface area contributed by atoms with Gasteiger partial charge in [-0.1, -0.05) is 0 Å². The first kappa shape index (κ1) is 17.7. The van der Waals surface area contributed by atoms with Gasteiger partial charge >= 0.3 is 0 Å². The minimum atomic E-state index is -0.554. The van der Waals surface area contributed by atoms with Crippen molar-refractivity contribution in [2.45, 2.75) is 13.8 Å². The van der Waals surface area contributed by atoms with Gasteiger partial charge in [-0.3, -0.25) is 14.9 Å². The van der Waals surface area contributed by atoms with Crippen molar-refractivity contribution in [1.82, 2.24) is 19.7 Å². The van der Waals surface area contributed by atoms with E-state index in [1.165, 1.54) is 35.1 Å². The van der Waals surface area contributed by atoms with E-state index in [9.17, 15) is 20.2 Å². The van der Waals surface area contributed by atoms with Crippen LogP contribution in [-0.2, 0) is 0 Å². The second-order valence-electron chi connectivity index (χ2n) is 5.64. The van der Waals surface area contributed by atoms with E-state index >= 15 is 0 Å². The van der Waals surface area contributed by atoms with Crippen molar-refractivity contribution in [3.05, 3.63) is 69.2 Å². The van der Waals surface area contributed by atoms with E-state index in [0.29, 0.717) is 11.4 Å². The Morgan fingerprint density at radius 2 is 1.85 bits per heavy atom. The van der Waals surface area contributed by atoms with Crippen molar-refractivity contribution < 1.29 is 9.72 Å². The zero-order valence-corrected chi connectivity index (χ0v) is 14.4. The number of nitro groups is 1. The summed E-state index contributed by atoms with van der Waals surface area (Å²) < 4.78 is 1.27. The van der Waals surface area contributed by atoms with Crippen molar-refractivity contribution >= 4 is 17.4 Å². The first-order valence-electron chi connectivity index (χ1n) is 7.75. The summed E-state index contributed by atoms with van der Waals surface area (Å²) in [6, 6.07) is 8.85. The molecule has 0 bridgehead atoms. The topological polar surface area (TPSA) is 140 Å². The van der Waals surface area contributed by atoms with Gasteiger partial charge in [-0.05, 0) is 32.0 Å². The maximum Gasteiger partial charge on any atom is 0.269 e. The molecule has 10 heteroatoms. The Hall–Kier alpha value is -4.13. The highest BCUT2D eigenvalue weighted by molar-refractivity contribution is 6.04. The highest BCUT2D eigenvalue weighted by Gasteiger charge is 2.18. The molecule has 0 aliphatic heterocycles. The lowest BCUT2D eigenvalue weighted by Crippen LogP contribution is -2.17. The van der Waals surface area contributed by atoms with E-state index in [4.69, 9.17) is 0 Å². The predicted octanol–water partition coefficient (Wildman–Crippen LogP) is 2.31. The standard InChI is InChI=1S/C17H13N7O3/c1-10-7-11(2)21-17(20-10)23-15(13(8-18)9-19-23)22-16(25)12-3-5-14(6-4-12)24(26)27/h3-7,9H,1-2H3,(H,22,25). The van der Waals surface area contributed by atoms with Gasteiger partial charge in [0.2, 0.25) is 0 Å². The number of non-ortho nitro benzene ring substituents is 1. The minimum Gasteiger partial charge on any atom is -0.305 e. The molecule has 2 heterocycles. The van der Waals surface area contributed by atoms with Gasteiger partial charge in [-0.15, -0.1) is 0 Å². The van der Waals surface area contributed by atoms with Crippen LogP contribution in [0.4, 0.5) is 11.5 Å². The van der Waals surface area contributed by atoms with Crippen LogP contribution in [0.5, 0.6) is 0 Å². The van der Waals surface area contributed by atoms with Crippen LogP contribution in [0.3, 0.4) is 0 Å². The molecule has 2 aromatic heterocycles. The molecule has 3 rings (SSSR count). The van der Waals surface area contributed by atoms with E-state index in [-0.39, 0.29) is 28.6 Å². The van der Waals surface area contributed by atoms with Crippen molar-refractivity contribution in [2.75, 3.05) is 5.32 Å². The van der Waals surface area contributed by atoms with Crippen LogP contribution in [-0.4, -0.2) is 30.6 Å². The molecule has 0 radical (unpaired) electrons. The van der Waals surface area contributed by atoms with Crippen molar-refractivity contribution in [1.29, 1.82) is 5.26 Å². The van der Waals surface area contributed by atoms with Gasteiger partial charge in [-0.25, -0.2) is 9.97 Å². The molecule has 134 valence electrons. The molecular weight excluding hydrogens is 350 g/mol. The Kier molecular flexibility index (Phi) is 4.59. The van der Waals surface area contributed by atoms with Gasteiger partial charge in [0.1, 0.15) is 11.6 Å². The third-order valence-electron chi connectivity index (χ3n) is 3.62. The molecule has 0 aliphatic carbocycles. The average molecular weight is 363 g/mol. The fourth-order valence-electron chi connectivity index (χ4n) is 2.42. The van der Waals surface area contributed by atoms with Crippen LogP contribution in [0.25, 0.3) is 5.95 Å². The summed E-state index contributed by atoms with van der Waals surface area (Å²) in [5.74, 6) is -0.216. The number of rotatable bonds is 4. The number of nitrogens with zero attached hydrogens (tertiary/aromatic N) is 6. The van der Waals surface area contributed by atoms with Crippen LogP contribution < -0.4 is 5.32 Å². The molecule has 27 heavy (non-hydrogen) atoms. The van der Waals surface area contributed by atoms with E-state index < -0.39 is 10.8 Å². The number of nitro benzene ring substituents is 1. The van der Waals surface area contributed by atoms with Crippen LogP contribution in [0.2, 0.25) is 0 Å². The van der Waals surface area contributed by atoms with Crippen LogP contribution in [0, 0.1) is 35.3 Å². The zero-order chi connectivity index (χ0) is 19.6. The summed E-state index contributed by atoms with van der Waals surface area (Å²) in [4.78, 5) is 31.2. The predicted molar refractivity (Wildman–Crippen MR) is 94.4 cm³/mol. The number of aryl methyl sites for hydroxylation is 2. The Morgan fingerprint density at radius 3 is 2.41 bits per heavy atom. The third-order valence-corrected chi connectivity index (χ3v) is 3.62. The van der Waals surface area contributed by atoms with Gasteiger partial charge in [0, 0.05) is 29.1 Å². The van der Waals surface area contributed by atoms with Crippen LogP contribution in [0.1, 0.15) is 27.3 Å². The summed E-state index contributed by atoms with van der Waals surface area (Å²) in [5, 5.41) is 26.7. The number of anilines is 1. The molecular formula is C17H13N7O3. The van der Waals surface area contributed by atoms with Crippen molar-refractivity contribution in [3.8, 4) is 12.0 Å². The van der Waals surface area contributed by atoms with Gasteiger partial charge in [-0.2, -0.15) is 15.0 Å². The SMILES string of the molecule is Cc1cc(C)nc(-n2ncc(C#N)c2NC(=O)c2ccc([N+](=O)[O-])cc2)n1. The number of carbonyl (C=O) groups is 1. The number of aromatic nitrogens is 4. The lowest BCUT2D eigenvalue weighted by molar-refractivity contribution is -0.384. The summed E-state index contributed by atoms with van der Waals surface area (Å²) >= 11 is 0. The van der Waals surface area contributed by atoms with Gasteiger partial charge in [0.25, 0.3) is 17.5 Å². The fourth-order valence-corrected chi connectivity index (χ4v) is 2.42. The lowest BCUT2D eigenvalue weighted by Gasteiger charge is -2.09. The molecule has 0 saturated heterocycles. The van der Waals surface area contributed by atoms with Crippen molar-refractivity contribution in [3.63, 3.8) is 0 Å². The third kappa shape index (κ3) is 3.62. The monoisotopic (exact) mass is 363 g/mol. The van der Waals surface area contributed by atoms with E-state index in [1.54, 1.807) is 19.9 Å². The van der Waals surface area contributed by atoms with Crippen LogP contribution >= 0.6 is 0 Å². The first-order valence-corrected chi connectivity index (χ1v) is 7.75. The lowest BCUT2D eigenvalue weighted by atomic mass is 10.2. The molecule has 1 amide bonds. The zero-order valence-electron chi connectivity index (χ0n) is 14.4. The van der Waals surface area contributed by atoms with E-state index in [0.717, 1.165) is 0 Å². The number of nitrogens with one attached hydrogen (secondary N) is 1. The molecule has 1 N–H and O–H groups in total. The average Bonchev–Trinajstić information content (AvgIpc) is 3.03. The quantitative estimate of drug-likeness (QED) is 0.554. The number of amides is 1. The normalized spacial score (nSPS) is 10.3. The molecule has 0 aliphatic rings. The van der Waals surface area contributed by atoms with Gasteiger partial charge < -0.3 is 5.32 Å². The Morgan fingerprint density at radius 1 is 1.22 bits per heavy atom. The first-order chi connectivity index (χ1) is 12.9. The molecule has 0 saturated carbocycles. The van der Waals surface area contributed by atoms with Gasteiger partial charge in [0.05, 0.1) is 11.1 Å². The van der Waals surface area contributed by atoms with Gasteiger partial charge in [0.15, 0.2) is 5.82 Å². The van der Waals surface area contributed by atoms with Crippen LogP contribution in [0.15, 0.2) is 36.5 Å². The number of nitriles is 1. The fraction of sp³-hybridized carbons (Fsp3) is 0.118. The summed E-state index contributed by atoms with van der Waals surface area (Å²) in [6.45, 7) is 3.59. The smallest absolute Gasteiger partial charge is 0.269 e. The molecule has 0 spiro atoms. The van der Waals surface area contributed by atoms with E-state index in [1.807, 2.05) is 6.07 Å². The Bertz CT molecular complexity index is 1060. The Labute approximate surface area is 153 Å². The number of hydrogen-bond acceptors (Lipinski definition) is 7. The van der Waals surface area contributed by atoms with Crippen molar-refractivity contribution in [2.24, 2.45) is 0 Å². The van der Waals surface area contributed by atoms with E-state index in [2.05, 4.69) is 20.4 Å². The second kappa shape index (κ2) is 7.01. The maximum atomic E-state index is 12.5. The second-order valence-corrected chi connectivity index (χ2v) is 5.64. The number of benzene rings is 1. The summed E-state index contributed by atoms with van der Waals surface area (Å²) in [6.07, 6.45) is 1.30. The molecule has 0 atom stereocenters. The molecule has 1 aromatic carbocycles. The summed E-state index contributed by atoms with van der Waals surface area (Å²) in [7, 11) is 0. The maximum absolute atomic E-state index is 12.5. The molecule has 10 nitrogen and oxygen atoms in total. The Balaban J connectivity index is 1.96.